The molecule has 11 heteroatoms. The molecule has 1 aromatic carbocycles. The third-order valence-corrected chi connectivity index (χ3v) is 7.88. The molecule has 1 amide bonds. The van der Waals surface area contributed by atoms with Crippen molar-refractivity contribution in [1.29, 1.82) is 0 Å². The Morgan fingerprint density at radius 1 is 1.28 bits per heavy atom. The molecule has 1 aliphatic rings. The lowest BCUT2D eigenvalue weighted by atomic mass is 9.97. The number of amides is 1. The van der Waals surface area contributed by atoms with Crippen LogP contribution in [0.25, 0.3) is 0 Å². The minimum atomic E-state index is -3.64. The van der Waals surface area contributed by atoms with Crippen LogP contribution in [-0.4, -0.2) is 45.7 Å². The van der Waals surface area contributed by atoms with Gasteiger partial charge >= 0.3 is 0 Å². The van der Waals surface area contributed by atoms with E-state index >= 15 is 0 Å². The molecule has 0 saturated carbocycles. The Morgan fingerprint density at radius 2 is 1.92 bits per heavy atom. The Kier molecular flexibility index (Phi) is 8.22. The number of pyridine rings is 1. The Hall–Kier alpha value is -2.82. The van der Waals surface area contributed by atoms with E-state index in [1.54, 1.807) is 6.92 Å². The molecule has 3 rings (SSSR count). The third-order valence-electron chi connectivity index (χ3n) is 6.69. The average Bonchev–Trinajstić information content (AvgIpc) is 2.80. The Morgan fingerprint density at radius 3 is 2.47 bits per heavy atom. The maximum absolute atomic E-state index is 14.6. The standard InChI is InChI=1S/C25H33F3N4O3S/c1-16-8-10-32(11-9-16)22-13-23(25(3,27)28)29-14-19(22)15-30-24(33)17(2)18-6-7-21(20(26)12-18)31(4)36(5,34)35/h6-7,12-14,16-17H,8-11,15H2,1-5H3,(H,30,33). The van der Waals surface area contributed by atoms with E-state index < -0.39 is 27.7 Å². The van der Waals surface area contributed by atoms with Gasteiger partial charge in [-0.3, -0.25) is 14.1 Å². The van der Waals surface area contributed by atoms with Crippen LogP contribution in [0, 0.1) is 11.7 Å². The summed E-state index contributed by atoms with van der Waals surface area (Å²) in [5.74, 6) is -4.41. The number of alkyl halides is 2. The van der Waals surface area contributed by atoms with Crippen molar-refractivity contribution in [3.63, 3.8) is 0 Å². The normalized spacial score (nSPS) is 16.1. The lowest BCUT2D eigenvalue weighted by molar-refractivity contribution is -0.122. The molecule has 1 fully saturated rings. The van der Waals surface area contributed by atoms with Crippen molar-refractivity contribution >= 4 is 27.3 Å². The highest BCUT2D eigenvalue weighted by Crippen LogP contribution is 2.32. The first-order valence-corrected chi connectivity index (χ1v) is 13.7. The molecule has 2 heterocycles. The fraction of sp³-hybridized carbons (Fsp3) is 0.520. The smallest absolute Gasteiger partial charge is 0.287 e. The summed E-state index contributed by atoms with van der Waals surface area (Å²) in [6, 6.07) is 5.36. The molecule has 0 bridgehead atoms. The number of rotatable bonds is 8. The molecule has 36 heavy (non-hydrogen) atoms. The van der Waals surface area contributed by atoms with E-state index in [2.05, 4.69) is 17.2 Å². The van der Waals surface area contributed by atoms with Gasteiger partial charge < -0.3 is 10.2 Å². The summed E-state index contributed by atoms with van der Waals surface area (Å²) >= 11 is 0. The van der Waals surface area contributed by atoms with Crippen LogP contribution in [-0.2, 0) is 27.3 Å². The Labute approximate surface area is 210 Å². The van der Waals surface area contributed by atoms with E-state index in [1.165, 1.54) is 31.4 Å². The van der Waals surface area contributed by atoms with Crippen LogP contribution < -0.4 is 14.5 Å². The minimum Gasteiger partial charge on any atom is -0.371 e. The Bertz CT molecular complexity index is 1210. The number of benzene rings is 1. The summed E-state index contributed by atoms with van der Waals surface area (Å²) in [5.41, 5.74) is 1.18. The molecule has 0 radical (unpaired) electrons. The zero-order chi connectivity index (χ0) is 26.8. The fourth-order valence-corrected chi connectivity index (χ4v) is 4.61. The molecule has 1 N–H and O–H groups in total. The molecular formula is C25H33F3N4O3S. The second-order valence-electron chi connectivity index (χ2n) is 9.64. The van der Waals surface area contributed by atoms with Gasteiger partial charge in [0.25, 0.3) is 5.92 Å². The molecule has 1 aliphatic heterocycles. The topological polar surface area (TPSA) is 82.6 Å². The van der Waals surface area contributed by atoms with E-state index in [0.717, 1.165) is 49.5 Å². The van der Waals surface area contributed by atoms with Crippen molar-refractivity contribution in [2.75, 3.05) is 35.6 Å². The SMILES string of the molecule is CC1CCN(c2cc(C(C)(F)F)ncc2CNC(=O)C(C)c2ccc(N(C)S(C)(=O)=O)c(F)c2)CC1. The van der Waals surface area contributed by atoms with Crippen LogP contribution in [0.4, 0.5) is 24.5 Å². The van der Waals surface area contributed by atoms with E-state index in [9.17, 15) is 26.4 Å². The highest BCUT2D eigenvalue weighted by molar-refractivity contribution is 7.92. The van der Waals surface area contributed by atoms with Crippen molar-refractivity contribution in [2.24, 2.45) is 5.92 Å². The number of sulfonamides is 1. The number of piperidine rings is 1. The second kappa shape index (κ2) is 10.7. The van der Waals surface area contributed by atoms with E-state index in [-0.39, 0.29) is 23.8 Å². The zero-order valence-corrected chi connectivity index (χ0v) is 22.0. The summed E-state index contributed by atoms with van der Waals surface area (Å²) in [5, 5.41) is 2.80. The quantitative estimate of drug-likeness (QED) is 0.552. The largest absolute Gasteiger partial charge is 0.371 e. The first-order valence-electron chi connectivity index (χ1n) is 11.8. The maximum atomic E-state index is 14.6. The fourth-order valence-electron chi connectivity index (χ4n) is 4.11. The minimum absolute atomic E-state index is 0.0739. The molecule has 0 spiro atoms. The molecule has 198 valence electrons. The summed E-state index contributed by atoms with van der Waals surface area (Å²) in [6.07, 6.45) is 4.23. The van der Waals surface area contributed by atoms with Gasteiger partial charge in [0.05, 0.1) is 17.9 Å². The van der Waals surface area contributed by atoms with Crippen LogP contribution >= 0.6 is 0 Å². The van der Waals surface area contributed by atoms with Crippen molar-refractivity contribution in [1.82, 2.24) is 10.3 Å². The van der Waals surface area contributed by atoms with Crippen LogP contribution in [0.2, 0.25) is 0 Å². The number of aromatic nitrogens is 1. The number of carbonyl (C=O) groups is 1. The van der Waals surface area contributed by atoms with Gasteiger partial charge in [0.15, 0.2) is 0 Å². The molecular weight excluding hydrogens is 493 g/mol. The van der Waals surface area contributed by atoms with Crippen LogP contribution in [0.15, 0.2) is 30.5 Å². The lowest BCUT2D eigenvalue weighted by Crippen LogP contribution is -2.35. The predicted octanol–water partition coefficient (Wildman–Crippen LogP) is 4.38. The van der Waals surface area contributed by atoms with Crippen molar-refractivity contribution in [3.05, 3.63) is 53.1 Å². The van der Waals surface area contributed by atoms with Gasteiger partial charge in [-0.1, -0.05) is 13.0 Å². The maximum Gasteiger partial charge on any atom is 0.287 e. The van der Waals surface area contributed by atoms with Gasteiger partial charge in [0.1, 0.15) is 11.5 Å². The second-order valence-corrected chi connectivity index (χ2v) is 11.7. The zero-order valence-electron chi connectivity index (χ0n) is 21.2. The summed E-state index contributed by atoms with van der Waals surface area (Å²) in [6.45, 7) is 6.10. The Balaban J connectivity index is 1.77. The van der Waals surface area contributed by atoms with Gasteiger partial charge in [-0.15, -0.1) is 0 Å². The molecule has 1 atom stereocenters. The van der Waals surface area contributed by atoms with Crippen molar-refractivity contribution in [2.45, 2.75) is 52.0 Å². The monoisotopic (exact) mass is 526 g/mol. The van der Waals surface area contributed by atoms with Crippen molar-refractivity contribution < 1.29 is 26.4 Å². The first kappa shape index (κ1) is 27.8. The van der Waals surface area contributed by atoms with E-state index in [1.807, 2.05) is 4.90 Å². The highest BCUT2D eigenvalue weighted by Gasteiger charge is 2.29. The van der Waals surface area contributed by atoms with Gasteiger partial charge in [-0.25, -0.2) is 12.8 Å². The number of nitrogens with zero attached hydrogens (tertiary/aromatic N) is 3. The first-order chi connectivity index (χ1) is 16.7. The number of anilines is 2. The molecule has 0 aliphatic carbocycles. The van der Waals surface area contributed by atoms with Gasteiger partial charge in [0, 0.05) is 51.1 Å². The van der Waals surface area contributed by atoms with Gasteiger partial charge in [0.2, 0.25) is 15.9 Å². The number of halogens is 3. The number of carbonyl (C=O) groups excluding carboxylic acids is 1. The van der Waals surface area contributed by atoms with Gasteiger partial charge in [-0.2, -0.15) is 8.78 Å². The summed E-state index contributed by atoms with van der Waals surface area (Å²) in [4.78, 5) is 18.8. The van der Waals surface area contributed by atoms with Crippen LogP contribution in [0.1, 0.15) is 56.4 Å². The summed E-state index contributed by atoms with van der Waals surface area (Å²) < 4.78 is 66.8. The number of hydrogen-bond donors (Lipinski definition) is 1. The lowest BCUT2D eigenvalue weighted by Gasteiger charge is -2.34. The predicted molar refractivity (Wildman–Crippen MR) is 134 cm³/mol. The van der Waals surface area contributed by atoms with Crippen LogP contribution in [0.3, 0.4) is 0 Å². The van der Waals surface area contributed by atoms with E-state index in [4.69, 9.17) is 0 Å². The van der Waals surface area contributed by atoms with E-state index in [0.29, 0.717) is 22.7 Å². The molecule has 2 aromatic rings. The van der Waals surface area contributed by atoms with Crippen molar-refractivity contribution in [3.8, 4) is 0 Å². The number of nitrogens with one attached hydrogen (secondary N) is 1. The molecule has 7 nitrogen and oxygen atoms in total. The highest BCUT2D eigenvalue weighted by atomic mass is 32.2. The number of hydrogen-bond acceptors (Lipinski definition) is 5. The van der Waals surface area contributed by atoms with Gasteiger partial charge in [-0.05, 0) is 49.4 Å². The van der Waals surface area contributed by atoms with Crippen LogP contribution in [0.5, 0.6) is 0 Å². The summed E-state index contributed by atoms with van der Waals surface area (Å²) in [7, 11) is -2.39. The molecule has 1 unspecified atom stereocenters. The third kappa shape index (κ3) is 6.48. The molecule has 1 aromatic heterocycles. The molecule has 1 saturated heterocycles. The average molecular weight is 527 g/mol.